The van der Waals surface area contributed by atoms with Crippen molar-refractivity contribution in [3.05, 3.63) is 108 Å². The number of carbonyl (C=O) groups is 2. The van der Waals surface area contributed by atoms with Gasteiger partial charge in [0.05, 0.1) is 17.6 Å². The number of halogens is 1. The van der Waals surface area contributed by atoms with Gasteiger partial charge in [0.15, 0.2) is 11.3 Å². The Morgan fingerprint density at radius 1 is 0.718 bits per heavy atom. The van der Waals surface area contributed by atoms with Crippen molar-refractivity contribution in [2.75, 3.05) is 10.6 Å². The Balaban J connectivity index is 0.000000158. The van der Waals surface area contributed by atoms with Crippen LogP contribution in [0, 0.1) is 0 Å². The Kier molecular flexibility index (Phi) is 7.51. The van der Waals surface area contributed by atoms with Crippen molar-refractivity contribution in [1.82, 2.24) is 18.8 Å². The number of imidazole rings is 2. The zero-order valence-electron chi connectivity index (χ0n) is 21.3. The van der Waals surface area contributed by atoms with Crippen molar-refractivity contribution in [2.24, 2.45) is 0 Å². The van der Waals surface area contributed by atoms with Gasteiger partial charge in [-0.15, -0.1) is 0 Å². The standard InChI is InChI=1S/C15H12BrN3O.C15H13N3O/c1-10(20)18-13-7-12(11-5-3-2-4-6-11)9-19-14(16)8-17-15(13)19;1-11(19)17-14-9-13(12-5-3-2-4-6-12)10-18-8-7-16-15(14)18/h2-9H,1H3,(H,18,20);2-10H,1H3,(H,17,19). The summed E-state index contributed by atoms with van der Waals surface area (Å²) in [6.45, 7) is 2.98. The second kappa shape index (κ2) is 11.3. The predicted octanol–water partition coefficient (Wildman–Crippen LogP) is 6.68. The first-order valence-electron chi connectivity index (χ1n) is 12.2. The zero-order valence-corrected chi connectivity index (χ0v) is 22.9. The lowest BCUT2D eigenvalue weighted by Crippen LogP contribution is -2.07. The molecule has 0 aliphatic heterocycles. The van der Waals surface area contributed by atoms with E-state index in [0.29, 0.717) is 11.3 Å². The van der Waals surface area contributed by atoms with E-state index in [1.165, 1.54) is 13.8 Å². The first kappa shape index (κ1) is 25.9. The van der Waals surface area contributed by atoms with Gasteiger partial charge in [-0.3, -0.25) is 14.0 Å². The van der Waals surface area contributed by atoms with Crippen molar-refractivity contribution in [3.63, 3.8) is 0 Å². The van der Waals surface area contributed by atoms with Crippen molar-refractivity contribution in [2.45, 2.75) is 13.8 Å². The molecular formula is C30H25BrN6O2. The minimum atomic E-state index is -0.115. The number of nitrogens with zero attached hydrogens (tertiary/aromatic N) is 4. The first-order chi connectivity index (χ1) is 18.9. The topological polar surface area (TPSA) is 92.8 Å². The van der Waals surface area contributed by atoms with Crippen LogP contribution in [0.2, 0.25) is 0 Å². The molecule has 4 heterocycles. The number of fused-ring (bicyclic) bond motifs is 2. The maximum absolute atomic E-state index is 11.4. The van der Waals surface area contributed by atoms with E-state index >= 15 is 0 Å². The number of aromatic nitrogens is 4. The van der Waals surface area contributed by atoms with E-state index in [1.807, 2.05) is 100 Å². The average molecular weight is 581 g/mol. The minimum absolute atomic E-state index is 0.102. The lowest BCUT2D eigenvalue weighted by molar-refractivity contribution is -0.115. The quantitative estimate of drug-likeness (QED) is 0.243. The molecule has 8 nitrogen and oxygen atoms in total. The Morgan fingerprint density at radius 2 is 1.26 bits per heavy atom. The molecule has 0 fully saturated rings. The van der Waals surface area contributed by atoms with E-state index in [4.69, 9.17) is 0 Å². The van der Waals surface area contributed by atoms with Gasteiger partial charge in [0.1, 0.15) is 4.60 Å². The van der Waals surface area contributed by atoms with Gasteiger partial charge in [-0.1, -0.05) is 60.7 Å². The summed E-state index contributed by atoms with van der Waals surface area (Å²) in [4.78, 5) is 31.2. The van der Waals surface area contributed by atoms with Crippen LogP contribution in [-0.2, 0) is 9.59 Å². The second-order valence-corrected chi connectivity index (χ2v) is 9.62. The highest BCUT2D eigenvalue weighted by Gasteiger charge is 2.11. The number of hydrogen-bond acceptors (Lipinski definition) is 4. The fourth-order valence-electron chi connectivity index (χ4n) is 4.23. The zero-order chi connectivity index (χ0) is 27.4. The van der Waals surface area contributed by atoms with E-state index < -0.39 is 0 Å². The van der Waals surface area contributed by atoms with Crippen molar-refractivity contribution in [3.8, 4) is 22.3 Å². The summed E-state index contributed by atoms with van der Waals surface area (Å²) in [6.07, 6.45) is 9.30. The Morgan fingerprint density at radius 3 is 1.82 bits per heavy atom. The van der Waals surface area contributed by atoms with Gasteiger partial charge in [-0.25, -0.2) is 9.97 Å². The third-order valence-electron chi connectivity index (χ3n) is 5.88. The lowest BCUT2D eigenvalue weighted by atomic mass is 10.1. The molecule has 0 aliphatic rings. The molecule has 6 rings (SSSR count). The number of anilines is 2. The lowest BCUT2D eigenvalue weighted by Gasteiger charge is -2.09. The summed E-state index contributed by atoms with van der Waals surface area (Å²) in [5.74, 6) is -0.216. The first-order valence-corrected chi connectivity index (χ1v) is 13.0. The molecule has 2 N–H and O–H groups in total. The van der Waals surface area contributed by atoms with Crippen LogP contribution >= 0.6 is 15.9 Å². The van der Waals surface area contributed by atoms with Gasteiger partial charge in [0.25, 0.3) is 0 Å². The molecule has 6 aromatic rings. The largest absolute Gasteiger partial charge is 0.323 e. The number of amides is 2. The molecule has 0 bridgehead atoms. The molecule has 2 aromatic carbocycles. The van der Waals surface area contributed by atoms with Crippen LogP contribution < -0.4 is 10.6 Å². The van der Waals surface area contributed by atoms with E-state index in [-0.39, 0.29) is 11.8 Å². The SMILES string of the molecule is CC(=O)Nc1cc(-c2ccccc2)cn2c(Br)cnc12.CC(=O)Nc1cc(-c2ccccc2)cn2ccnc12. The number of benzene rings is 2. The minimum Gasteiger partial charge on any atom is -0.323 e. The summed E-state index contributed by atoms with van der Waals surface area (Å²) in [6, 6.07) is 23.9. The van der Waals surface area contributed by atoms with Gasteiger partial charge >= 0.3 is 0 Å². The highest BCUT2D eigenvalue weighted by Crippen LogP contribution is 2.28. The summed E-state index contributed by atoms with van der Waals surface area (Å²) in [5.41, 5.74) is 7.12. The van der Waals surface area contributed by atoms with Gasteiger partial charge in [0, 0.05) is 49.8 Å². The number of nitrogens with one attached hydrogen (secondary N) is 2. The summed E-state index contributed by atoms with van der Waals surface area (Å²) in [5, 5.41) is 5.65. The van der Waals surface area contributed by atoms with Crippen LogP contribution in [0.1, 0.15) is 13.8 Å². The summed E-state index contributed by atoms with van der Waals surface area (Å²) in [7, 11) is 0. The number of pyridine rings is 2. The molecule has 0 atom stereocenters. The molecule has 9 heteroatoms. The average Bonchev–Trinajstić information content (AvgIpc) is 3.56. The van der Waals surface area contributed by atoms with E-state index in [2.05, 4.69) is 36.5 Å². The smallest absolute Gasteiger partial charge is 0.221 e. The molecule has 4 aromatic heterocycles. The van der Waals surface area contributed by atoms with Crippen LogP contribution in [0.5, 0.6) is 0 Å². The molecule has 39 heavy (non-hydrogen) atoms. The number of hydrogen-bond donors (Lipinski definition) is 2. The Labute approximate surface area is 233 Å². The summed E-state index contributed by atoms with van der Waals surface area (Å²) < 4.78 is 4.66. The molecule has 194 valence electrons. The monoisotopic (exact) mass is 580 g/mol. The number of carbonyl (C=O) groups excluding carboxylic acids is 2. The van der Waals surface area contributed by atoms with Gasteiger partial charge < -0.3 is 15.0 Å². The van der Waals surface area contributed by atoms with Crippen molar-refractivity contribution >= 4 is 50.4 Å². The van der Waals surface area contributed by atoms with Crippen LogP contribution in [0.3, 0.4) is 0 Å². The van der Waals surface area contributed by atoms with Crippen LogP contribution in [0.15, 0.2) is 108 Å². The molecule has 2 amide bonds. The van der Waals surface area contributed by atoms with E-state index in [9.17, 15) is 9.59 Å². The molecule has 0 saturated carbocycles. The van der Waals surface area contributed by atoms with Crippen LogP contribution in [0.25, 0.3) is 33.5 Å². The van der Waals surface area contributed by atoms with Gasteiger partial charge in [-0.05, 0) is 39.2 Å². The summed E-state index contributed by atoms with van der Waals surface area (Å²) >= 11 is 3.46. The van der Waals surface area contributed by atoms with E-state index in [0.717, 1.165) is 38.2 Å². The van der Waals surface area contributed by atoms with Crippen LogP contribution in [0.4, 0.5) is 11.4 Å². The number of rotatable bonds is 4. The third-order valence-corrected chi connectivity index (χ3v) is 6.47. The highest BCUT2D eigenvalue weighted by atomic mass is 79.9. The second-order valence-electron chi connectivity index (χ2n) is 8.81. The van der Waals surface area contributed by atoms with Gasteiger partial charge in [-0.2, -0.15) is 0 Å². The molecule has 0 aliphatic carbocycles. The molecule has 0 radical (unpaired) electrons. The third kappa shape index (κ3) is 5.89. The Hall–Kier alpha value is -4.76. The molecular weight excluding hydrogens is 556 g/mol. The maximum atomic E-state index is 11.4. The molecule has 0 spiro atoms. The normalized spacial score (nSPS) is 10.6. The fraction of sp³-hybridized carbons (Fsp3) is 0.0667. The maximum Gasteiger partial charge on any atom is 0.221 e. The van der Waals surface area contributed by atoms with Crippen molar-refractivity contribution < 1.29 is 9.59 Å². The molecule has 0 unspecified atom stereocenters. The highest BCUT2D eigenvalue weighted by molar-refractivity contribution is 9.10. The Bertz CT molecular complexity index is 1780. The van der Waals surface area contributed by atoms with Gasteiger partial charge in [0.2, 0.25) is 11.8 Å². The van der Waals surface area contributed by atoms with E-state index in [1.54, 1.807) is 12.4 Å². The fourth-order valence-corrected chi connectivity index (χ4v) is 4.60. The van der Waals surface area contributed by atoms with Crippen molar-refractivity contribution in [1.29, 1.82) is 0 Å². The van der Waals surface area contributed by atoms with Crippen LogP contribution in [-0.4, -0.2) is 30.6 Å². The predicted molar refractivity (Wildman–Crippen MR) is 158 cm³/mol. The molecule has 0 saturated heterocycles.